The minimum atomic E-state index is 0.161. The summed E-state index contributed by atoms with van der Waals surface area (Å²) in [5, 5.41) is 0. The molecular formula is C18H21N2O+. The molecule has 1 aliphatic heterocycles. The number of carbonyl (C=O) groups is 1. The SMILES string of the molecule is O=C(c1ccccc1)N1CC[NH+](Cc2ccccc2)CC1. The number of piperazine rings is 1. The van der Waals surface area contributed by atoms with E-state index in [1.165, 1.54) is 5.56 Å². The zero-order valence-electron chi connectivity index (χ0n) is 12.2. The van der Waals surface area contributed by atoms with Gasteiger partial charge in [-0.2, -0.15) is 0 Å². The maximum absolute atomic E-state index is 12.4. The number of rotatable bonds is 3. The summed E-state index contributed by atoms with van der Waals surface area (Å²) in [5.74, 6) is 0.161. The topological polar surface area (TPSA) is 24.8 Å². The number of hydrogen-bond acceptors (Lipinski definition) is 1. The van der Waals surface area contributed by atoms with Crippen molar-refractivity contribution in [2.45, 2.75) is 6.54 Å². The Kier molecular flexibility index (Phi) is 4.31. The van der Waals surface area contributed by atoms with E-state index in [4.69, 9.17) is 0 Å². The van der Waals surface area contributed by atoms with E-state index in [9.17, 15) is 4.79 Å². The molecule has 1 aliphatic rings. The van der Waals surface area contributed by atoms with Crippen LogP contribution in [0.3, 0.4) is 0 Å². The highest BCUT2D eigenvalue weighted by atomic mass is 16.2. The van der Waals surface area contributed by atoms with Gasteiger partial charge in [0.25, 0.3) is 5.91 Å². The zero-order valence-corrected chi connectivity index (χ0v) is 12.2. The molecule has 2 aromatic carbocycles. The van der Waals surface area contributed by atoms with E-state index in [2.05, 4.69) is 30.3 Å². The highest BCUT2D eigenvalue weighted by Gasteiger charge is 2.24. The Morgan fingerprint density at radius 2 is 1.48 bits per heavy atom. The summed E-state index contributed by atoms with van der Waals surface area (Å²) in [6, 6.07) is 20.1. The molecule has 108 valence electrons. The fourth-order valence-corrected chi connectivity index (χ4v) is 2.85. The van der Waals surface area contributed by atoms with Crippen molar-refractivity contribution in [3.63, 3.8) is 0 Å². The van der Waals surface area contributed by atoms with Crippen LogP contribution < -0.4 is 4.90 Å². The largest absolute Gasteiger partial charge is 0.328 e. The van der Waals surface area contributed by atoms with Crippen molar-refractivity contribution in [2.75, 3.05) is 26.2 Å². The summed E-state index contributed by atoms with van der Waals surface area (Å²) < 4.78 is 0. The van der Waals surface area contributed by atoms with Crippen LogP contribution in [0.15, 0.2) is 60.7 Å². The molecule has 21 heavy (non-hydrogen) atoms. The molecule has 0 spiro atoms. The molecule has 0 bridgehead atoms. The molecule has 0 saturated carbocycles. The second-order valence-electron chi connectivity index (χ2n) is 5.57. The molecule has 0 atom stereocenters. The van der Waals surface area contributed by atoms with Crippen LogP contribution in [0.5, 0.6) is 0 Å². The second kappa shape index (κ2) is 6.55. The van der Waals surface area contributed by atoms with Crippen molar-refractivity contribution in [1.82, 2.24) is 4.90 Å². The first-order chi connectivity index (χ1) is 10.3. The lowest BCUT2D eigenvalue weighted by molar-refractivity contribution is -0.917. The van der Waals surface area contributed by atoms with E-state index >= 15 is 0 Å². The smallest absolute Gasteiger partial charge is 0.254 e. The van der Waals surface area contributed by atoms with Crippen LogP contribution in [0.1, 0.15) is 15.9 Å². The standard InChI is InChI=1S/C18H20N2O/c21-18(17-9-5-2-6-10-17)20-13-11-19(12-14-20)15-16-7-3-1-4-8-16/h1-10H,11-15H2/p+1. The zero-order chi connectivity index (χ0) is 14.5. The summed E-state index contributed by atoms with van der Waals surface area (Å²) in [4.78, 5) is 15.9. The monoisotopic (exact) mass is 281 g/mol. The van der Waals surface area contributed by atoms with Gasteiger partial charge in [-0.1, -0.05) is 48.5 Å². The van der Waals surface area contributed by atoms with Gasteiger partial charge >= 0.3 is 0 Å². The first-order valence-corrected chi connectivity index (χ1v) is 7.55. The summed E-state index contributed by atoms with van der Waals surface area (Å²) in [7, 11) is 0. The third-order valence-corrected chi connectivity index (χ3v) is 4.08. The molecule has 3 heteroatoms. The first-order valence-electron chi connectivity index (χ1n) is 7.55. The molecule has 1 N–H and O–H groups in total. The summed E-state index contributed by atoms with van der Waals surface area (Å²) in [6.45, 7) is 4.78. The molecule has 0 radical (unpaired) electrons. The third kappa shape index (κ3) is 3.50. The lowest BCUT2D eigenvalue weighted by atomic mass is 10.1. The third-order valence-electron chi connectivity index (χ3n) is 4.08. The lowest BCUT2D eigenvalue weighted by Gasteiger charge is -2.32. The van der Waals surface area contributed by atoms with Gasteiger partial charge < -0.3 is 9.80 Å². The number of quaternary nitrogens is 1. The Morgan fingerprint density at radius 1 is 0.905 bits per heavy atom. The molecule has 2 aromatic rings. The van der Waals surface area contributed by atoms with Crippen molar-refractivity contribution in [1.29, 1.82) is 0 Å². The molecule has 0 aliphatic carbocycles. The average molecular weight is 281 g/mol. The maximum atomic E-state index is 12.4. The first kappa shape index (κ1) is 13.8. The van der Waals surface area contributed by atoms with Crippen LogP contribution in [0.25, 0.3) is 0 Å². The van der Waals surface area contributed by atoms with E-state index < -0.39 is 0 Å². The van der Waals surface area contributed by atoms with Gasteiger partial charge in [0, 0.05) is 11.1 Å². The fourth-order valence-electron chi connectivity index (χ4n) is 2.85. The van der Waals surface area contributed by atoms with Gasteiger partial charge in [0.2, 0.25) is 0 Å². The van der Waals surface area contributed by atoms with Crippen LogP contribution in [0.2, 0.25) is 0 Å². The molecule has 1 fully saturated rings. The molecule has 1 heterocycles. The van der Waals surface area contributed by atoms with Crippen molar-refractivity contribution in [3.05, 3.63) is 71.8 Å². The Bertz CT molecular complexity index is 575. The van der Waals surface area contributed by atoms with Gasteiger partial charge in [0.1, 0.15) is 6.54 Å². The van der Waals surface area contributed by atoms with Crippen molar-refractivity contribution >= 4 is 5.91 Å². The fraction of sp³-hybridized carbons (Fsp3) is 0.278. The van der Waals surface area contributed by atoms with Gasteiger partial charge in [0.05, 0.1) is 26.2 Å². The van der Waals surface area contributed by atoms with E-state index in [1.54, 1.807) is 4.90 Å². The Balaban J connectivity index is 1.54. The van der Waals surface area contributed by atoms with Crippen LogP contribution >= 0.6 is 0 Å². The van der Waals surface area contributed by atoms with Crippen molar-refractivity contribution < 1.29 is 9.69 Å². The normalized spacial score (nSPS) is 15.9. The van der Waals surface area contributed by atoms with E-state index in [-0.39, 0.29) is 5.91 Å². The molecule has 3 rings (SSSR count). The number of nitrogens with one attached hydrogen (secondary N) is 1. The van der Waals surface area contributed by atoms with Crippen LogP contribution in [0, 0.1) is 0 Å². The van der Waals surface area contributed by atoms with Crippen LogP contribution in [0.4, 0.5) is 0 Å². The number of nitrogens with zero attached hydrogens (tertiary/aromatic N) is 1. The number of hydrogen-bond donors (Lipinski definition) is 1. The van der Waals surface area contributed by atoms with Gasteiger partial charge in [0.15, 0.2) is 0 Å². The summed E-state index contributed by atoms with van der Waals surface area (Å²) >= 11 is 0. The Labute approximate surface area is 125 Å². The maximum Gasteiger partial charge on any atom is 0.254 e. The summed E-state index contributed by atoms with van der Waals surface area (Å²) in [6.07, 6.45) is 0. The molecule has 1 saturated heterocycles. The van der Waals surface area contributed by atoms with E-state index in [1.807, 2.05) is 35.2 Å². The minimum absolute atomic E-state index is 0.161. The number of benzene rings is 2. The molecule has 0 unspecified atom stereocenters. The summed E-state index contributed by atoms with van der Waals surface area (Å²) in [5.41, 5.74) is 2.17. The van der Waals surface area contributed by atoms with Gasteiger partial charge in [-0.3, -0.25) is 4.79 Å². The number of amides is 1. The van der Waals surface area contributed by atoms with E-state index in [0.29, 0.717) is 0 Å². The Morgan fingerprint density at radius 3 is 2.10 bits per heavy atom. The predicted molar refractivity (Wildman–Crippen MR) is 83.2 cm³/mol. The molecule has 3 nitrogen and oxygen atoms in total. The van der Waals surface area contributed by atoms with Crippen LogP contribution in [-0.2, 0) is 6.54 Å². The van der Waals surface area contributed by atoms with Crippen LogP contribution in [-0.4, -0.2) is 37.0 Å². The highest BCUT2D eigenvalue weighted by Crippen LogP contribution is 2.05. The highest BCUT2D eigenvalue weighted by molar-refractivity contribution is 5.94. The van der Waals surface area contributed by atoms with E-state index in [0.717, 1.165) is 38.3 Å². The van der Waals surface area contributed by atoms with Gasteiger partial charge in [-0.05, 0) is 12.1 Å². The van der Waals surface area contributed by atoms with Gasteiger partial charge in [-0.25, -0.2) is 0 Å². The van der Waals surface area contributed by atoms with Crippen molar-refractivity contribution in [2.24, 2.45) is 0 Å². The van der Waals surface area contributed by atoms with Crippen molar-refractivity contribution in [3.8, 4) is 0 Å². The average Bonchev–Trinajstić information content (AvgIpc) is 2.57. The quantitative estimate of drug-likeness (QED) is 0.899. The predicted octanol–water partition coefficient (Wildman–Crippen LogP) is 1.23. The lowest BCUT2D eigenvalue weighted by Crippen LogP contribution is -3.13. The minimum Gasteiger partial charge on any atom is -0.328 e. The second-order valence-corrected chi connectivity index (χ2v) is 5.57. The molecule has 1 amide bonds. The molecular weight excluding hydrogens is 260 g/mol. The number of carbonyl (C=O) groups excluding carboxylic acids is 1. The molecule has 0 aromatic heterocycles. The Hall–Kier alpha value is -2.13. The van der Waals surface area contributed by atoms with Gasteiger partial charge in [-0.15, -0.1) is 0 Å².